The van der Waals surface area contributed by atoms with Crippen molar-refractivity contribution < 1.29 is 8.94 Å². The standard InChI is InChI=1S/C18H24N6O2/c1-4-13-23-17(24-26-13)18(7-5-6-8-18)20-9-12-21-15(19)14-10(2)11(3)25-16(14)22-12/h20H,4-9H2,1-3H3,(H2,19,21,22). The number of rotatable bonds is 5. The molecule has 0 radical (unpaired) electrons. The van der Waals surface area contributed by atoms with E-state index in [0.29, 0.717) is 29.8 Å². The second-order valence-corrected chi connectivity index (χ2v) is 7.00. The molecule has 26 heavy (non-hydrogen) atoms. The molecular formula is C18H24N6O2. The summed E-state index contributed by atoms with van der Waals surface area (Å²) >= 11 is 0. The number of anilines is 1. The number of aromatic nitrogens is 4. The van der Waals surface area contributed by atoms with Gasteiger partial charge in [-0.15, -0.1) is 0 Å². The summed E-state index contributed by atoms with van der Waals surface area (Å²) in [5, 5.41) is 8.57. The lowest BCUT2D eigenvalue weighted by molar-refractivity contribution is 0.294. The minimum absolute atomic E-state index is 0.293. The summed E-state index contributed by atoms with van der Waals surface area (Å²) in [6.45, 7) is 6.34. The van der Waals surface area contributed by atoms with Gasteiger partial charge in [-0.05, 0) is 26.7 Å². The predicted octanol–water partition coefficient (Wildman–Crippen LogP) is 2.93. The van der Waals surface area contributed by atoms with Crippen LogP contribution in [0.1, 0.15) is 61.5 Å². The van der Waals surface area contributed by atoms with E-state index < -0.39 is 0 Å². The Bertz CT molecular complexity index is 939. The van der Waals surface area contributed by atoms with Gasteiger partial charge in [0.2, 0.25) is 11.6 Å². The van der Waals surface area contributed by atoms with Crippen molar-refractivity contribution in [3.63, 3.8) is 0 Å². The minimum atomic E-state index is -0.293. The molecule has 4 rings (SSSR count). The van der Waals surface area contributed by atoms with Crippen LogP contribution in [0.4, 0.5) is 5.82 Å². The van der Waals surface area contributed by atoms with E-state index in [0.717, 1.165) is 54.6 Å². The van der Waals surface area contributed by atoms with E-state index in [2.05, 4.69) is 25.4 Å². The predicted molar refractivity (Wildman–Crippen MR) is 96.4 cm³/mol. The number of furan rings is 1. The maximum atomic E-state index is 6.14. The molecule has 3 aromatic rings. The maximum absolute atomic E-state index is 6.14. The summed E-state index contributed by atoms with van der Waals surface area (Å²) in [5.74, 6) is 3.27. The largest absolute Gasteiger partial charge is 0.443 e. The Hall–Kier alpha value is -2.48. The highest BCUT2D eigenvalue weighted by Gasteiger charge is 2.39. The first kappa shape index (κ1) is 17.0. The lowest BCUT2D eigenvalue weighted by Crippen LogP contribution is -2.40. The van der Waals surface area contributed by atoms with Gasteiger partial charge in [-0.3, -0.25) is 5.32 Å². The first-order valence-corrected chi connectivity index (χ1v) is 9.12. The van der Waals surface area contributed by atoms with E-state index in [1.807, 2.05) is 20.8 Å². The average molecular weight is 356 g/mol. The molecule has 1 aliphatic carbocycles. The Morgan fingerprint density at radius 3 is 2.62 bits per heavy atom. The molecule has 0 aromatic carbocycles. The number of hydrogen-bond acceptors (Lipinski definition) is 8. The second kappa shape index (κ2) is 6.35. The van der Waals surface area contributed by atoms with Crippen molar-refractivity contribution in [1.82, 2.24) is 25.4 Å². The molecule has 0 amide bonds. The van der Waals surface area contributed by atoms with Gasteiger partial charge in [-0.1, -0.05) is 24.9 Å². The lowest BCUT2D eigenvalue weighted by atomic mass is 9.96. The monoisotopic (exact) mass is 356 g/mol. The number of nitrogen functional groups attached to an aromatic ring is 1. The number of nitrogens with two attached hydrogens (primary N) is 1. The van der Waals surface area contributed by atoms with E-state index >= 15 is 0 Å². The van der Waals surface area contributed by atoms with Gasteiger partial charge in [0.05, 0.1) is 17.5 Å². The molecule has 0 atom stereocenters. The maximum Gasteiger partial charge on any atom is 0.231 e. The smallest absolute Gasteiger partial charge is 0.231 e. The summed E-state index contributed by atoms with van der Waals surface area (Å²) in [4.78, 5) is 13.6. The highest BCUT2D eigenvalue weighted by Crippen LogP contribution is 2.37. The molecule has 1 fully saturated rings. The van der Waals surface area contributed by atoms with Gasteiger partial charge in [0.25, 0.3) is 0 Å². The Balaban J connectivity index is 1.61. The number of aryl methyl sites for hydroxylation is 3. The highest BCUT2D eigenvalue weighted by molar-refractivity contribution is 5.88. The lowest BCUT2D eigenvalue weighted by Gasteiger charge is -2.26. The molecule has 1 saturated carbocycles. The second-order valence-electron chi connectivity index (χ2n) is 7.00. The molecule has 1 aliphatic rings. The molecule has 0 bridgehead atoms. The van der Waals surface area contributed by atoms with Crippen LogP contribution < -0.4 is 11.1 Å². The fourth-order valence-corrected chi connectivity index (χ4v) is 3.70. The van der Waals surface area contributed by atoms with Crippen molar-refractivity contribution in [3.05, 3.63) is 28.9 Å². The topological polar surface area (TPSA) is 116 Å². The van der Waals surface area contributed by atoms with Crippen molar-refractivity contribution in [3.8, 4) is 0 Å². The molecule has 3 N–H and O–H groups in total. The Morgan fingerprint density at radius 2 is 1.92 bits per heavy atom. The van der Waals surface area contributed by atoms with Crippen LogP contribution in [0.3, 0.4) is 0 Å². The van der Waals surface area contributed by atoms with Crippen molar-refractivity contribution in [2.24, 2.45) is 0 Å². The highest BCUT2D eigenvalue weighted by atomic mass is 16.5. The van der Waals surface area contributed by atoms with Crippen LogP contribution in [0, 0.1) is 13.8 Å². The van der Waals surface area contributed by atoms with Crippen molar-refractivity contribution >= 4 is 16.9 Å². The van der Waals surface area contributed by atoms with E-state index in [-0.39, 0.29) is 5.54 Å². The van der Waals surface area contributed by atoms with Crippen LogP contribution in [0.15, 0.2) is 8.94 Å². The molecular weight excluding hydrogens is 332 g/mol. The summed E-state index contributed by atoms with van der Waals surface area (Å²) < 4.78 is 11.0. The first-order chi connectivity index (χ1) is 12.5. The van der Waals surface area contributed by atoms with E-state index in [1.165, 1.54) is 0 Å². The van der Waals surface area contributed by atoms with Crippen LogP contribution in [-0.2, 0) is 18.5 Å². The van der Waals surface area contributed by atoms with Gasteiger partial charge in [0.15, 0.2) is 5.82 Å². The fourth-order valence-electron chi connectivity index (χ4n) is 3.70. The van der Waals surface area contributed by atoms with Gasteiger partial charge in [0, 0.05) is 12.0 Å². The average Bonchev–Trinajstić information content (AvgIpc) is 3.34. The summed E-state index contributed by atoms with van der Waals surface area (Å²) in [5.41, 5.74) is 7.38. The molecule has 8 nitrogen and oxygen atoms in total. The summed E-state index contributed by atoms with van der Waals surface area (Å²) in [6, 6.07) is 0. The van der Waals surface area contributed by atoms with Gasteiger partial charge in [-0.2, -0.15) is 9.97 Å². The van der Waals surface area contributed by atoms with Crippen LogP contribution >= 0.6 is 0 Å². The van der Waals surface area contributed by atoms with E-state index in [1.54, 1.807) is 0 Å². The summed E-state index contributed by atoms with van der Waals surface area (Å²) in [6.07, 6.45) is 4.92. The van der Waals surface area contributed by atoms with Crippen LogP contribution in [-0.4, -0.2) is 20.1 Å². The zero-order valence-electron chi connectivity index (χ0n) is 15.4. The molecule has 138 valence electrons. The van der Waals surface area contributed by atoms with Crippen molar-refractivity contribution in [2.45, 2.75) is 65.0 Å². The van der Waals surface area contributed by atoms with Gasteiger partial charge < -0.3 is 14.7 Å². The van der Waals surface area contributed by atoms with Gasteiger partial charge >= 0.3 is 0 Å². The Labute approximate surface area is 151 Å². The third-order valence-corrected chi connectivity index (χ3v) is 5.34. The molecule has 3 heterocycles. The molecule has 0 unspecified atom stereocenters. The minimum Gasteiger partial charge on any atom is -0.443 e. The first-order valence-electron chi connectivity index (χ1n) is 9.12. The molecule has 3 aromatic heterocycles. The molecule has 8 heteroatoms. The Kier molecular flexibility index (Phi) is 4.14. The normalized spacial score (nSPS) is 16.6. The summed E-state index contributed by atoms with van der Waals surface area (Å²) in [7, 11) is 0. The van der Waals surface area contributed by atoms with Crippen LogP contribution in [0.2, 0.25) is 0 Å². The van der Waals surface area contributed by atoms with Crippen molar-refractivity contribution in [2.75, 3.05) is 5.73 Å². The van der Waals surface area contributed by atoms with Crippen LogP contribution in [0.25, 0.3) is 11.1 Å². The molecule has 0 saturated heterocycles. The number of fused-ring (bicyclic) bond motifs is 1. The number of nitrogens with zero attached hydrogens (tertiary/aromatic N) is 4. The SMILES string of the molecule is CCc1nc(C2(NCc3nc(N)c4c(C)c(C)oc4n3)CCCC2)no1. The molecule has 0 spiro atoms. The van der Waals surface area contributed by atoms with Crippen molar-refractivity contribution in [1.29, 1.82) is 0 Å². The van der Waals surface area contributed by atoms with E-state index in [4.69, 9.17) is 14.7 Å². The fraction of sp³-hybridized carbons (Fsp3) is 0.556. The Morgan fingerprint density at radius 1 is 1.15 bits per heavy atom. The zero-order chi connectivity index (χ0) is 18.3. The zero-order valence-corrected chi connectivity index (χ0v) is 15.4. The number of nitrogens with one attached hydrogen (secondary N) is 1. The quantitative estimate of drug-likeness (QED) is 0.717. The van der Waals surface area contributed by atoms with Gasteiger partial charge in [-0.25, -0.2) is 4.98 Å². The van der Waals surface area contributed by atoms with E-state index in [9.17, 15) is 0 Å². The molecule has 0 aliphatic heterocycles. The number of hydrogen-bond donors (Lipinski definition) is 2. The third kappa shape index (κ3) is 2.74. The van der Waals surface area contributed by atoms with Gasteiger partial charge in [0.1, 0.15) is 17.4 Å². The third-order valence-electron chi connectivity index (χ3n) is 5.34. The van der Waals surface area contributed by atoms with Crippen LogP contribution in [0.5, 0.6) is 0 Å².